The summed E-state index contributed by atoms with van der Waals surface area (Å²) < 4.78 is 22.9. The van der Waals surface area contributed by atoms with E-state index in [9.17, 15) is 4.79 Å². The molecule has 3 heterocycles. The van der Waals surface area contributed by atoms with Crippen LogP contribution in [0.5, 0.6) is 0 Å². The number of hydrogen-bond donors (Lipinski definition) is 5. The second-order valence-corrected chi connectivity index (χ2v) is 11.9. The summed E-state index contributed by atoms with van der Waals surface area (Å²) in [5, 5.41) is 0.722. The van der Waals surface area contributed by atoms with Crippen molar-refractivity contribution >= 4 is 28.6 Å². The molecule has 4 atom stereocenters. The number of halogens is 2. The van der Waals surface area contributed by atoms with Gasteiger partial charge < -0.3 is 32.7 Å². The van der Waals surface area contributed by atoms with Crippen LogP contribution >= 0.6 is 11.6 Å². The fourth-order valence-corrected chi connectivity index (χ4v) is 5.85. The van der Waals surface area contributed by atoms with Gasteiger partial charge in [0.25, 0.3) is 0 Å². The molecule has 2 aromatic carbocycles. The Balaban J connectivity index is 1.37. The third-order valence-corrected chi connectivity index (χ3v) is 8.05. The van der Waals surface area contributed by atoms with Gasteiger partial charge in [-0.1, -0.05) is 23.7 Å². The molecule has 12 heteroatoms. The maximum absolute atomic E-state index is 15.1. The molecule has 1 saturated heterocycles. The van der Waals surface area contributed by atoms with Crippen LogP contribution in [0.1, 0.15) is 56.3 Å². The third-order valence-electron chi connectivity index (χ3n) is 7.78. The van der Waals surface area contributed by atoms with Gasteiger partial charge >= 0.3 is 5.69 Å². The molecule has 5 rings (SSSR count). The van der Waals surface area contributed by atoms with Crippen LogP contribution in [0.2, 0.25) is 5.02 Å². The topological polar surface area (TPSA) is 178 Å². The second kappa shape index (κ2) is 13.3. The van der Waals surface area contributed by atoms with Gasteiger partial charge in [0.15, 0.2) is 11.8 Å². The van der Waals surface area contributed by atoms with E-state index in [4.69, 9.17) is 33.5 Å². The minimum Gasteiger partial charge on any atom is -0.370 e. The van der Waals surface area contributed by atoms with Crippen molar-refractivity contribution in [1.82, 2.24) is 14.5 Å². The summed E-state index contributed by atoms with van der Waals surface area (Å²) in [7, 11) is 0. The second-order valence-electron chi connectivity index (χ2n) is 11.5. The molecule has 0 amide bonds. The van der Waals surface area contributed by atoms with Gasteiger partial charge in [0.05, 0.1) is 34.7 Å². The normalized spacial score (nSPS) is 19.4. The number of guanidine groups is 1. The quantitative estimate of drug-likeness (QED) is 0.136. The molecule has 10 nitrogen and oxygen atoms in total. The number of nitrogens with two attached hydrogens (primary N) is 3. The van der Waals surface area contributed by atoms with Gasteiger partial charge in [0.2, 0.25) is 0 Å². The van der Waals surface area contributed by atoms with E-state index in [1.54, 1.807) is 24.4 Å². The molecule has 0 saturated carbocycles. The highest BCUT2D eigenvalue weighted by atomic mass is 35.5. The largest absolute Gasteiger partial charge is 0.370 e. The first-order chi connectivity index (χ1) is 20.6. The van der Waals surface area contributed by atoms with E-state index < -0.39 is 11.5 Å². The highest BCUT2D eigenvalue weighted by Crippen LogP contribution is 2.33. The van der Waals surface area contributed by atoms with Crippen LogP contribution in [-0.2, 0) is 11.2 Å². The van der Waals surface area contributed by atoms with Gasteiger partial charge in [-0.2, -0.15) is 4.98 Å². The molecule has 228 valence electrons. The maximum Gasteiger partial charge on any atom is 0.354 e. The molecular weight excluding hydrogens is 571 g/mol. The van der Waals surface area contributed by atoms with Gasteiger partial charge in [-0.05, 0) is 86.9 Å². The summed E-state index contributed by atoms with van der Waals surface area (Å²) in [6.45, 7) is 2.55. The van der Waals surface area contributed by atoms with E-state index in [2.05, 4.69) is 27.6 Å². The lowest BCUT2D eigenvalue weighted by Gasteiger charge is -2.34. The van der Waals surface area contributed by atoms with Gasteiger partial charge in [0, 0.05) is 29.7 Å². The van der Waals surface area contributed by atoms with Crippen molar-refractivity contribution in [1.29, 1.82) is 0 Å². The minimum atomic E-state index is -0.517. The van der Waals surface area contributed by atoms with Crippen LogP contribution in [0.4, 0.5) is 4.39 Å². The third kappa shape index (κ3) is 7.42. The Labute approximate surface area is 254 Å². The number of aliphatic imine (C=N–C) groups is 1. The zero-order chi connectivity index (χ0) is 30.7. The summed E-state index contributed by atoms with van der Waals surface area (Å²) in [5.41, 5.74) is 24.5. The fourth-order valence-electron chi connectivity index (χ4n) is 5.60. The molecule has 4 aromatic rings. The average molecular weight is 610 g/mol. The van der Waals surface area contributed by atoms with E-state index >= 15 is 4.39 Å². The molecule has 43 heavy (non-hydrogen) atoms. The van der Waals surface area contributed by atoms with Crippen LogP contribution < -0.4 is 28.6 Å². The van der Waals surface area contributed by atoms with Crippen molar-refractivity contribution in [2.45, 2.75) is 69.7 Å². The van der Waals surface area contributed by atoms with Gasteiger partial charge in [-0.3, -0.25) is 9.56 Å². The van der Waals surface area contributed by atoms with E-state index in [1.165, 1.54) is 4.57 Å². The smallest absolute Gasteiger partial charge is 0.354 e. The number of nitrogens with one attached hydrogen (secondary N) is 1. The molecule has 0 spiro atoms. The van der Waals surface area contributed by atoms with Crippen molar-refractivity contribution in [3.63, 3.8) is 0 Å². The number of quaternary nitrogens is 1. The van der Waals surface area contributed by atoms with Crippen molar-refractivity contribution < 1.29 is 14.9 Å². The first-order valence-corrected chi connectivity index (χ1v) is 15.0. The number of aromatic nitrogens is 3. The van der Waals surface area contributed by atoms with Crippen molar-refractivity contribution in [2.75, 3.05) is 6.54 Å². The number of H-pyrrole nitrogens is 1. The SMILES string of the molecule is CC([NH3+])CCCc1cc(Cl)c(F)c(-c2cc3cn(-c4ccc(C5CC(N)CC(CCN=C(N)N)O5)cc4)c(=O)nc3[nH]2)c1. The van der Waals surface area contributed by atoms with Crippen LogP contribution in [0, 0.1) is 5.82 Å². The van der Waals surface area contributed by atoms with Crippen molar-refractivity contribution in [3.8, 4) is 16.9 Å². The Kier molecular flexibility index (Phi) is 9.46. The summed E-state index contributed by atoms with van der Waals surface area (Å²) in [5.74, 6) is -0.459. The lowest BCUT2D eigenvalue weighted by Crippen LogP contribution is -2.58. The van der Waals surface area contributed by atoms with Gasteiger partial charge in [-0.25, -0.2) is 9.18 Å². The molecule has 1 aliphatic rings. The van der Waals surface area contributed by atoms with Crippen molar-refractivity contribution in [2.24, 2.45) is 22.2 Å². The number of fused-ring (bicyclic) bond motifs is 1. The number of rotatable bonds is 10. The van der Waals surface area contributed by atoms with Crippen LogP contribution in [0.3, 0.4) is 0 Å². The minimum absolute atomic E-state index is 0.00241. The maximum atomic E-state index is 15.1. The van der Waals surface area contributed by atoms with Crippen LogP contribution in [-0.4, -0.2) is 45.2 Å². The molecule has 2 aromatic heterocycles. The highest BCUT2D eigenvalue weighted by Gasteiger charge is 2.28. The average Bonchev–Trinajstić information content (AvgIpc) is 3.36. The standard InChI is InChI=1S/C31H38ClFN8O2/c1-17(34)3-2-4-18-11-24(28(33)25(32)12-18)26-13-20-16-41(31(42)40-29(20)39-26)22-7-5-19(6-8-22)27-15-21(35)14-23(43-27)9-10-38-30(36)37/h5-8,11-13,16-17,21,23,27H,2-4,9-10,14-15,34-35H2,1H3,(H4,36,37,38)(H,39,40,42)/p+1. The molecule has 0 bridgehead atoms. The highest BCUT2D eigenvalue weighted by molar-refractivity contribution is 6.31. The number of benzene rings is 2. The number of hydrogen-bond acceptors (Lipinski definition) is 5. The Bertz CT molecular complexity index is 1660. The molecule has 0 radical (unpaired) electrons. The van der Waals surface area contributed by atoms with Crippen LogP contribution in [0.25, 0.3) is 28.0 Å². The van der Waals surface area contributed by atoms with Gasteiger partial charge in [0.1, 0.15) is 5.65 Å². The monoisotopic (exact) mass is 609 g/mol. The summed E-state index contributed by atoms with van der Waals surface area (Å²) in [6, 6.07) is 13.2. The number of aromatic amines is 1. The predicted octanol–water partition coefficient (Wildman–Crippen LogP) is 3.34. The predicted molar refractivity (Wildman–Crippen MR) is 167 cm³/mol. The number of nitrogens with zero attached hydrogens (tertiary/aromatic N) is 3. The molecular formula is C31H39ClFN8O2+. The summed E-state index contributed by atoms with van der Waals surface area (Å²) in [6.07, 6.45) is 6.25. The van der Waals surface area contributed by atoms with E-state index in [0.29, 0.717) is 53.4 Å². The molecule has 1 aliphatic heterocycles. The lowest BCUT2D eigenvalue weighted by atomic mass is 9.93. The molecule has 0 aliphatic carbocycles. The first-order valence-electron chi connectivity index (χ1n) is 14.6. The Hall–Kier alpha value is -3.77. The van der Waals surface area contributed by atoms with E-state index in [0.717, 1.165) is 36.8 Å². The lowest BCUT2D eigenvalue weighted by molar-refractivity contribution is -0.415. The van der Waals surface area contributed by atoms with E-state index in [1.807, 2.05) is 24.3 Å². The molecule has 10 N–H and O–H groups in total. The zero-order valence-electron chi connectivity index (χ0n) is 24.2. The fraction of sp³-hybridized carbons (Fsp3) is 0.387. The zero-order valence-corrected chi connectivity index (χ0v) is 25.0. The number of aryl methyl sites for hydroxylation is 1. The van der Waals surface area contributed by atoms with Crippen LogP contribution in [0.15, 0.2) is 58.4 Å². The molecule has 4 unspecified atom stereocenters. The summed E-state index contributed by atoms with van der Waals surface area (Å²) in [4.78, 5) is 24.4. The van der Waals surface area contributed by atoms with Crippen molar-refractivity contribution in [3.05, 3.63) is 81.1 Å². The van der Waals surface area contributed by atoms with E-state index in [-0.39, 0.29) is 29.2 Å². The Morgan fingerprint density at radius 2 is 2.02 bits per heavy atom. The first kappa shape index (κ1) is 30.7. The van der Waals surface area contributed by atoms with Gasteiger partial charge in [-0.15, -0.1) is 0 Å². The summed E-state index contributed by atoms with van der Waals surface area (Å²) >= 11 is 6.26. The Morgan fingerprint density at radius 3 is 2.74 bits per heavy atom. The Morgan fingerprint density at radius 1 is 1.26 bits per heavy atom. The number of ether oxygens (including phenoxy) is 1. The molecule has 1 fully saturated rings.